The molecule has 6 heteroatoms. The lowest BCUT2D eigenvalue weighted by Crippen LogP contribution is -2.20. The van der Waals surface area contributed by atoms with Crippen molar-refractivity contribution in [1.82, 2.24) is 4.98 Å². The van der Waals surface area contributed by atoms with Crippen LogP contribution in [0.15, 0.2) is 46.9 Å². The second-order valence-corrected chi connectivity index (χ2v) is 9.63. The predicted octanol–water partition coefficient (Wildman–Crippen LogP) is 4.30. The van der Waals surface area contributed by atoms with Gasteiger partial charge in [0.15, 0.2) is 15.6 Å². The number of aromatic nitrogens is 1. The molecule has 5 nitrogen and oxygen atoms in total. The van der Waals surface area contributed by atoms with Crippen molar-refractivity contribution in [2.75, 3.05) is 5.75 Å². The number of nitrogens with zero attached hydrogens (tertiary/aromatic N) is 1. The number of Topliss-reactive ketones (excluding diaryl/α,β-unsaturated/α-hetero) is 1. The van der Waals surface area contributed by atoms with E-state index in [0.717, 1.165) is 27.8 Å². The van der Waals surface area contributed by atoms with Crippen molar-refractivity contribution in [1.29, 1.82) is 0 Å². The number of hydrogen-bond donors (Lipinski definition) is 0. The summed E-state index contributed by atoms with van der Waals surface area (Å²) in [6, 6.07) is 13.4. The summed E-state index contributed by atoms with van der Waals surface area (Å²) in [6.45, 7) is 7.58. The zero-order chi connectivity index (χ0) is 21.2. The fourth-order valence-corrected chi connectivity index (χ4v) is 4.57. The van der Waals surface area contributed by atoms with Crippen LogP contribution in [0, 0.1) is 27.7 Å². The molecule has 0 aliphatic carbocycles. The van der Waals surface area contributed by atoms with Crippen LogP contribution in [0.4, 0.5) is 0 Å². The van der Waals surface area contributed by atoms with Gasteiger partial charge in [-0.2, -0.15) is 0 Å². The van der Waals surface area contributed by atoms with E-state index in [1.54, 1.807) is 6.92 Å². The lowest BCUT2D eigenvalue weighted by Gasteiger charge is -2.07. The molecule has 0 fully saturated rings. The largest absolute Gasteiger partial charge is 0.441 e. The number of oxazole rings is 1. The van der Waals surface area contributed by atoms with Gasteiger partial charge in [0.2, 0.25) is 5.89 Å². The predicted molar refractivity (Wildman–Crippen MR) is 114 cm³/mol. The summed E-state index contributed by atoms with van der Waals surface area (Å²) >= 11 is 0. The quantitative estimate of drug-likeness (QED) is 0.579. The second-order valence-electron chi connectivity index (χ2n) is 7.57. The molecule has 3 aromatic rings. The Bertz CT molecular complexity index is 1140. The maximum atomic E-state index is 12.6. The van der Waals surface area contributed by atoms with Gasteiger partial charge in [-0.1, -0.05) is 41.5 Å². The highest BCUT2D eigenvalue weighted by atomic mass is 32.2. The lowest BCUT2D eigenvalue weighted by atomic mass is 10.0. The average Bonchev–Trinajstić information content (AvgIpc) is 2.97. The molecule has 0 saturated carbocycles. The number of hydrogen-bond acceptors (Lipinski definition) is 5. The summed E-state index contributed by atoms with van der Waals surface area (Å²) in [6.07, 6.45) is 0.109. The Balaban J connectivity index is 1.70. The Kier molecular flexibility index (Phi) is 6.03. The molecule has 0 unspecified atom stereocenters. The van der Waals surface area contributed by atoms with Crippen molar-refractivity contribution in [3.8, 4) is 11.5 Å². The zero-order valence-electron chi connectivity index (χ0n) is 17.2. The number of carbonyl (C=O) groups excluding carboxylic acids is 1. The van der Waals surface area contributed by atoms with Crippen molar-refractivity contribution < 1.29 is 17.6 Å². The topological polar surface area (TPSA) is 77.2 Å². The normalized spacial score (nSPS) is 11.6. The van der Waals surface area contributed by atoms with Crippen LogP contribution in [0.2, 0.25) is 0 Å². The van der Waals surface area contributed by atoms with Gasteiger partial charge in [0.1, 0.15) is 11.5 Å². The van der Waals surface area contributed by atoms with Gasteiger partial charge < -0.3 is 4.42 Å². The molecule has 0 atom stereocenters. The van der Waals surface area contributed by atoms with E-state index < -0.39 is 15.6 Å². The highest BCUT2D eigenvalue weighted by Crippen LogP contribution is 2.23. The van der Waals surface area contributed by atoms with Crippen LogP contribution in [0.5, 0.6) is 0 Å². The summed E-state index contributed by atoms with van der Waals surface area (Å²) in [5.74, 6) is -0.309. The molecule has 0 N–H and O–H groups in total. The van der Waals surface area contributed by atoms with Gasteiger partial charge in [0, 0.05) is 12.0 Å². The summed E-state index contributed by atoms with van der Waals surface area (Å²) in [5.41, 5.74) is 5.20. The molecule has 0 spiro atoms. The molecule has 152 valence electrons. The molecule has 3 rings (SSSR count). The van der Waals surface area contributed by atoms with E-state index in [9.17, 15) is 13.2 Å². The Labute approximate surface area is 171 Å². The van der Waals surface area contributed by atoms with Crippen LogP contribution in [0.25, 0.3) is 11.5 Å². The van der Waals surface area contributed by atoms with Crippen molar-refractivity contribution >= 4 is 15.6 Å². The van der Waals surface area contributed by atoms with Crippen LogP contribution in [0.1, 0.15) is 33.7 Å². The van der Waals surface area contributed by atoms with Crippen LogP contribution < -0.4 is 0 Å². The molecule has 0 aliphatic heterocycles. The Hall–Kier alpha value is -2.73. The van der Waals surface area contributed by atoms with E-state index in [1.807, 2.05) is 63.2 Å². The summed E-state index contributed by atoms with van der Waals surface area (Å²) in [4.78, 5) is 16.7. The highest BCUT2D eigenvalue weighted by molar-refractivity contribution is 7.91. The Morgan fingerprint density at radius 2 is 1.62 bits per heavy atom. The van der Waals surface area contributed by atoms with E-state index in [2.05, 4.69) is 4.98 Å². The number of aryl methyl sites for hydroxylation is 4. The van der Waals surface area contributed by atoms with E-state index in [-0.39, 0.29) is 18.0 Å². The summed E-state index contributed by atoms with van der Waals surface area (Å²) < 4.78 is 30.8. The first-order valence-corrected chi connectivity index (χ1v) is 11.3. The molecule has 0 amide bonds. The number of rotatable bonds is 7. The van der Waals surface area contributed by atoms with Crippen molar-refractivity contribution in [2.45, 2.75) is 39.9 Å². The van der Waals surface area contributed by atoms with Gasteiger partial charge in [-0.25, -0.2) is 13.4 Å². The van der Waals surface area contributed by atoms with E-state index in [1.165, 1.54) is 0 Å². The fraction of sp³-hybridized carbons (Fsp3) is 0.304. The first-order valence-electron chi connectivity index (χ1n) is 9.44. The van der Waals surface area contributed by atoms with Gasteiger partial charge in [0.25, 0.3) is 0 Å². The third-order valence-corrected chi connectivity index (χ3v) is 6.29. The smallest absolute Gasteiger partial charge is 0.226 e. The SMILES string of the molecule is Cc1ccc(-c2nc(CS(=O)(=O)CC(=O)Cc3ccc(C)cc3C)c(C)o2)cc1. The maximum Gasteiger partial charge on any atom is 0.226 e. The van der Waals surface area contributed by atoms with E-state index in [4.69, 9.17) is 4.42 Å². The summed E-state index contributed by atoms with van der Waals surface area (Å²) in [7, 11) is -3.65. The van der Waals surface area contributed by atoms with Gasteiger partial charge in [-0.15, -0.1) is 0 Å². The minimum absolute atomic E-state index is 0.109. The van der Waals surface area contributed by atoms with Crippen molar-refractivity contribution in [3.63, 3.8) is 0 Å². The third kappa shape index (κ3) is 5.41. The molecular weight excluding hydrogens is 386 g/mol. The van der Waals surface area contributed by atoms with Crippen molar-refractivity contribution in [3.05, 3.63) is 76.2 Å². The molecule has 0 aliphatic rings. The van der Waals surface area contributed by atoms with E-state index in [0.29, 0.717) is 17.3 Å². The summed E-state index contributed by atoms with van der Waals surface area (Å²) in [5, 5.41) is 0. The minimum atomic E-state index is -3.65. The van der Waals surface area contributed by atoms with Crippen LogP contribution in [0.3, 0.4) is 0 Å². The number of sulfone groups is 1. The monoisotopic (exact) mass is 411 g/mol. The second kappa shape index (κ2) is 8.33. The molecule has 2 aromatic carbocycles. The molecule has 1 heterocycles. The average molecular weight is 412 g/mol. The van der Waals surface area contributed by atoms with Gasteiger partial charge >= 0.3 is 0 Å². The van der Waals surface area contributed by atoms with E-state index >= 15 is 0 Å². The first kappa shape index (κ1) is 21.0. The van der Waals surface area contributed by atoms with Crippen LogP contribution >= 0.6 is 0 Å². The Morgan fingerprint density at radius 1 is 0.966 bits per heavy atom. The fourth-order valence-electron chi connectivity index (χ4n) is 3.19. The molecule has 0 saturated heterocycles. The van der Waals surface area contributed by atoms with Crippen molar-refractivity contribution in [2.24, 2.45) is 0 Å². The zero-order valence-corrected chi connectivity index (χ0v) is 18.0. The molecule has 0 radical (unpaired) electrons. The number of benzene rings is 2. The maximum absolute atomic E-state index is 12.6. The number of carbonyl (C=O) groups is 1. The van der Waals surface area contributed by atoms with Crippen LogP contribution in [-0.2, 0) is 26.8 Å². The van der Waals surface area contributed by atoms with Gasteiger partial charge in [-0.3, -0.25) is 4.79 Å². The van der Waals surface area contributed by atoms with Crippen LogP contribution in [-0.4, -0.2) is 24.9 Å². The third-order valence-electron chi connectivity index (χ3n) is 4.81. The standard InChI is InChI=1S/C23H25NO4S/c1-15-5-8-19(9-6-15)23-24-22(18(4)28-23)14-29(26,27)13-21(25)12-20-10-7-16(2)11-17(20)3/h5-11H,12-14H2,1-4H3. The molecule has 29 heavy (non-hydrogen) atoms. The minimum Gasteiger partial charge on any atom is -0.441 e. The first-order chi connectivity index (χ1) is 13.6. The number of ketones is 1. The molecule has 0 bridgehead atoms. The Morgan fingerprint density at radius 3 is 2.28 bits per heavy atom. The highest BCUT2D eigenvalue weighted by Gasteiger charge is 2.22. The lowest BCUT2D eigenvalue weighted by molar-refractivity contribution is -0.116. The molecular formula is C23H25NO4S. The van der Waals surface area contributed by atoms with Gasteiger partial charge in [0.05, 0.1) is 11.4 Å². The van der Waals surface area contributed by atoms with Gasteiger partial charge in [-0.05, 0) is 51.0 Å². The molecule has 1 aromatic heterocycles.